The molecular formula is C25H16ClF5N2O4. The van der Waals surface area contributed by atoms with E-state index in [0.717, 1.165) is 12.1 Å². The molecule has 2 N–H and O–H groups in total. The van der Waals surface area contributed by atoms with Gasteiger partial charge in [0.1, 0.15) is 23.5 Å². The Labute approximate surface area is 211 Å². The van der Waals surface area contributed by atoms with Crippen molar-refractivity contribution in [3.63, 3.8) is 0 Å². The number of hydrogen-bond donors (Lipinski definition) is 2. The molecule has 6 nitrogen and oxygen atoms in total. The van der Waals surface area contributed by atoms with Crippen LogP contribution in [0.1, 0.15) is 43.4 Å². The number of ether oxygens (including phenoxy) is 2. The van der Waals surface area contributed by atoms with Gasteiger partial charge in [-0.2, -0.15) is 13.2 Å². The lowest BCUT2D eigenvalue weighted by atomic mass is 9.95. The number of halogens is 6. The van der Waals surface area contributed by atoms with E-state index in [9.17, 15) is 31.5 Å². The smallest absolute Gasteiger partial charge is 0.416 e. The summed E-state index contributed by atoms with van der Waals surface area (Å²) in [5.74, 6) is -3.35. The number of amides is 2. The van der Waals surface area contributed by atoms with Crippen molar-refractivity contribution in [2.75, 3.05) is 18.5 Å². The number of nitrogens with one attached hydrogen (secondary N) is 2. The maximum absolute atomic E-state index is 14.0. The highest BCUT2D eigenvalue weighted by Gasteiger charge is 2.36. The maximum atomic E-state index is 14.0. The van der Waals surface area contributed by atoms with Gasteiger partial charge in [0.05, 0.1) is 36.1 Å². The van der Waals surface area contributed by atoms with E-state index >= 15 is 0 Å². The van der Waals surface area contributed by atoms with E-state index in [0.29, 0.717) is 25.3 Å². The van der Waals surface area contributed by atoms with Gasteiger partial charge in [0.25, 0.3) is 11.8 Å². The zero-order valence-corrected chi connectivity index (χ0v) is 19.3. The van der Waals surface area contributed by atoms with Crippen LogP contribution >= 0.6 is 11.6 Å². The predicted molar refractivity (Wildman–Crippen MR) is 122 cm³/mol. The second-order valence-electron chi connectivity index (χ2n) is 8.46. The molecule has 12 heteroatoms. The van der Waals surface area contributed by atoms with E-state index in [-0.39, 0.29) is 45.3 Å². The summed E-state index contributed by atoms with van der Waals surface area (Å²) in [7, 11) is 0. The van der Waals surface area contributed by atoms with Crippen LogP contribution in [0.4, 0.5) is 27.6 Å². The molecule has 0 saturated carbocycles. The van der Waals surface area contributed by atoms with Crippen molar-refractivity contribution < 1.29 is 41.0 Å². The number of carbonyl (C=O) groups is 2. The summed E-state index contributed by atoms with van der Waals surface area (Å²) in [6.07, 6.45) is -5.19. The standard InChI is InChI=1S/C25H16ClF5N2O4/c26-19-2-1-13(27)6-17(19)22-21-18(24(35)33-22)7-15(37-16-9-36-10-16)8-20(21)32-23(34)11-3-12(25(29,30)31)5-14(28)4-11/h1-8,16,22H,9-10H2,(H,32,34)(H,33,35). The second kappa shape index (κ2) is 9.31. The van der Waals surface area contributed by atoms with Crippen LogP contribution in [0.5, 0.6) is 5.75 Å². The summed E-state index contributed by atoms with van der Waals surface area (Å²) in [5.41, 5.74) is -1.50. The summed E-state index contributed by atoms with van der Waals surface area (Å²) in [5, 5.41) is 5.26. The van der Waals surface area contributed by atoms with Crippen LogP contribution in [-0.2, 0) is 10.9 Å². The van der Waals surface area contributed by atoms with Gasteiger partial charge >= 0.3 is 6.18 Å². The molecule has 3 aromatic rings. The first-order valence-electron chi connectivity index (χ1n) is 10.9. The third kappa shape index (κ3) is 4.96. The number of hydrogen-bond acceptors (Lipinski definition) is 4. The van der Waals surface area contributed by atoms with Gasteiger partial charge in [-0.25, -0.2) is 8.78 Å². The predicted octanol–water partition coefficient (Wildman–Crippen LogP) is 5.50. The van der Waals surface area contributed by atoms with Gasteiger partial charge in [-0.05, 0) is 42.5 Å². The van der Waals surface area contributed by atoms with Crippen LogP contribution in [0.3, 0.4) is 0 Å². The number of fused-ring (bicyclic) bond motifs is 1. The molecule has 0 aliphatic carbocycles. The Bertz CT molecular complexity index is 1420. The fourth-order valence-electron chi connectivity index (χ4n) is 4.10. The van der Waals surface area contributed by atoms with Crippen LogP contribution in [0.25, 0.3) is 0 Å². The molecule has 0 aromatic heterocycles. The largest absolute Gasteiger partial charge is 0.485 e. The number of rotatable bonds is 5. The molecule has 5 rings (SSSR count). The van der Waals surface area contributed by atoms with Crippen LogP contribution in [0.15, 0.2) is 48.5 Å². The third-order valence-electron chi connectivity index (χ3n) is 5.88. The first kappa shape index (κ1) is 25.0. The van der Waals surface area contributed by atoms with Gasteiger partial charge in [0.2, 0.25) is 0 Å². The first-order valence-corrected chi connectivity index (χ1v) is 11.2. The van der Waals surface area contributed by atoms with E-state index in [1.165, 1.54) is 18.2 Å². The molecule has 2 aliphatic rings. The normalized spacial score (nSPS) is 17.1. The lowest BCUT2D eigenvalue weighted by molar-refractivity contribution is -0.137. The van der Waals surface area contributed by atoms with E-state index in [4.69, 9.17) is 21.1 Å². The Morgan fingerprint density at radius 2 is 1.81 bits per heavy atom. The highest BCUT2D eigenvalue weighted by molar-refractivity contribution is 6.31. The maximum Gasteiger partial charge on any atom is 0.416 e. The number of carbonyl (C=O) groups excluding carboxylic acids is 2. The number of alkyl halides is 3. The van der Waals surface area contributed by atoms with Crippen molar-refractivity contribution >= 4 is 29.1 Å². The van der Waals surface area contributed by atoms with Crippen molar-refractivity contribution in [3.05, 3.63) is 93.0 Å². The monoisotopic (exact) mass is 538 g/mol. The molecule has 1 atom stereocenters. The van der Waals surface area contributed by atoms with Gasteiger partial charge in [-0.3, -0.25) is 9.59 Å². The third-order valence-corrected chi connectivity index (χ3v) is 6.22. The summed E-state index contributed by atoms with van der Waals surface area (Å²) < 4.78 is 78.3. The van der Waals surface area contributed by atoms with Gasteiger partial charge in [0, 0.05) is 27.8 Å². The number of benzene rings is 3. The highest BCUT2D eigenvalue weighted by atomic mass is 35.5. The molecule has 1 unspecified atom stereocenters. The van der Waals surface area contributed by atoms with Crippen LogP contribution in [0, 0.1) is 11.6 Å². The Kier molecular flexibility index (Phi) is 6.28. The van der Waals surface area contributed by atoms with Crippen LogP contribution in [-0.4, -0.2) is 31.1 Å². The molecule has 1 fully saturated rings. The molecule has 37 heavy (non-hydrogen) atoms. The minimum absolute atomic E-state index is 0.0146. The Hall–Kier alpha value is -3.70. The van der Waals surface area contributed by atoms with Gasteiger partial charge in [-0.15, -0.1) is 0 Å². The minimum Gasteiger partial charge on any atom is -0.485 e. The number of anilines is 1. The first-order chi connectivity index (χ1) is 17.5. The lowest BCUT2D eigenvalue weighted by Crippen LogP contribution is -2.38. The van der Waals surface area contributed by atoms with E-state index < -0.39 is 46.8 Å². The topological polar surface area (TPSA) is 76.7 Å². The quantitative estimate of drug-likeness (QED) is 0.421. The minimum atomic E-state index is -4.88. The van der Waals surface area contributed by atoms with E-state index in [1.54, 1.807) is 0 Å². The van der Waals surface area contributed by atoms with Crippen LogP contribution in [0.2, 0.25) is 5.02 Å². The van der Waals surface area contributed by atoms with E-state index in [2.05, 4.69) is 10.6 Å². The molecule has 3 aromatic carbocycles. The summed E-state index contributed by atoms with van der Waals surface area (Å²) in [6.45, 7) is 0.603. The SMILES string of the molecule is O=C(Nc1cc(OC2COC2)cc2c1C(c1cc(F)ccc1Cl)NC2=O)c1cc(F)cc(C(F)(F)F)c1. The zero-order valence-electron chi connectivity index (χ0n) is 18.6. The Morgan fingerprint density at radius 1 is 1.05 bits per heavy atom. The van der Waals surface area contributed by atoms with Crippen molar-refractivity contribution in [1.82, 2.24) is 5.32 Å². The Balaban J connectivity index is 1.59. The second-order valence-corrected chi connectivity index (χ2v) is 8.87. The zero-order chi connectivity index (χ0) is 26.5. The molecule has 1 saturated heterocycles. The molecule has 2 heterocycles. The average Bonchev–Trinajstić information content (AvgIpc) is 3.13. The molecule has 192 valence electrons. The summed E-state index contributed by atoms with van der Waals surface area (Å²) >= 11 is 6.26. The molecular weight excluding hydrogens is 523 g/mol. The van der Waals surface area contributed by atoms with Crippen molar-refractivity contribution in [2.45, 2.75) is 18.3 Å². The molecule has 0 radical (unpaired) electrons. The molecule has 0 bridgehead atoms. The van der Waals surface area contributed by atoms with Crippen LogP contribution < -0.4 is 15.4 Å². The molecule has 2 aliphatic heterocycles. The average molecular weight is 539 g/mol. The Morgan fingerprint density at radius 3 is 2.49 bits per heavy atom. The molecule has 0 spiro atoms. The van der Waals surface area contributed by atoms with E-state index in [1.807, 2.05) is 0 Å². The highest BCUT2D eigenvalue weighted by Crippen LogP contribution is 2.42. The molecule has 2 amide bonds. The summed E-state index contributed by atoms with van der Waals surface area (Å²) in [6, 6.07) is 6.78. The lowest BCUT2D eigenvalue weighted by Gasteiger charge is -2.27. The van der Waals surface area contributed by atoms with Crippen molar-refractivity contribution in [3.8, 4) is 5.75 Å². The van der Waals surface area contributed by atoms with Gasteiger partial charge < -0.3 is 20.1 Å². The fourth-order valence-corrected chi connectivity index (χ4v) is 4.33. The van der Waals surface area contributed by atoms with Gasteiger partial charge in [0.15, 0.2) is 0 Å². The van der Waals surface area contributed by atoms with Crippen molar-refractivity contribution in [1.29, 1.82) is 0 Å². The summed E-state index contributed by atoms with van der Waals surface area (Å²) in [4.78, 5) is 25.9. The van der Waals surface area contributed by atoms with Crippen molar-refractivity contribution in [2.24, 2.45) is 0 Å². The fraction of sp³-hybridized carbons (Fsp3) is 0.200. The van der Waals surface area contributed by atoms with Gasteiger partial charge in [-0.1, -0.05) is 11.6 Å².